The molecule has 3 heterocycles. The number of fused-ring (bicyclic) bond motifs is 1. The van der Waals surface area contributed by atoms with Gasteiger partial charge in [0.25, 0.3) is 5.91 Å². The maximum absolute atomic E-state index is 11.9. The van der Waals surface area contributed by atoms with Crippen LogP contribution in [0.1, 0.15) is 44.1 Å². The first kappa shape index (κ1) is 18.9. The molecule has 2 saturated carbocycles. The Bertz CT molecular complexity index is 1020. The number of aliphatic hydroxyl groups is 1. The van der Waals surface area contributed by atoms with Crippen molar-refractivity contribution in [3.05, 3.63) is 23.5 Å². The molecule has 3 amide bonds. The topological polar surface area (TPSA) is 133 Å². The summed E-state index contributed by atoms with van der Waals surface area (Å²) in [7, 11) is 0. The second kappa shape index (κ2) is 7.60. The Morgan fingerprint density at radius 2 is 1.97 bits per heavy atom. The Kier molecular flexibility index (Phi) is 4.78. The summed E-state index contributed by atoms with van der Waals surface area (Å²) in [4.78, 5) is 28.0. The van der Waals surface area contributed by atoms with Gasteiger partial charge in [0, 0.05) is 24.2 Å². The van der Waals surface area contributed by atoms with Crippen molar-refractivity contribution in [2.45, 2.75) is 50.7 Å². The number of carbonyl (C=O) groups is 2. The zero-order chi connectivity index (χ0) is 20.7. The highest BCUT2D eigenvalue weighted by atomic mass is 16.3. The number of anilines is 2. The summed E-state index contributed by atoms with van der Waals surface area (Å²) >= 11 is 0. The van der Waals surface area contributed by atoms with Gasteiger partial charge in [-0.25, -0.2) is 9.78 Å². The average molecular weight is 411 g/mol. The zero-order valence-corrected chi connectivity index (χ0v) is 16.5. The van der Waals surface area contributed by atoms with Gasteiger partial charge in [-0.2, -0.15) is 9.61 Å². The van der Waals surface area contributed by atoms with Crippen LogP contribution in [0.2, 0.25) is 0 Å². The van der Waals surface area contributed by atoms with Gasteiger partial charge in [-0.05, 0) is 50.5 Å². The smallest absolute Gasteiger partial charge is 0.326 e. The van der Waals surface area contributed by atoms with Crippen molar-refractivity contribution in [3.63, 3.8) is 0 Å². The molecule has 3 fully saturated rings. The average Bonchev–Trinajstić information content (AvgIpc) is 3.39. The van der Waals surface area contributed by atoms with Gasteiger partial charge in [0.2, 0.25) is 0 Å². The van der Waals surface area contributed by atoms with E-state index < -0.39 is 11.9 Å². The first-order valence-corrected chi connectivity index (χ1v) is 10.5. The second-order valence-electron chi connectivity index (χ2n) is 8.30. The third-order valence-corrected chi connectivity index (χ3v) is 5.84. The standard InChI is InChI=1S/C20H25N7O3/c28-14-5-3-13(4-6-14)23-16-8-17(21-9-11-1-2-11)27-18(25-16)12(10-22-27)7-15-19(29)26-20(30)24-15/h7-8,10-11,13-14,21,28H,1-6,9H2,(H,23,25)(H2,24,26,29,30)/b15-7-. The highest BCUT2D eigenvalue weighted by Crippen LogP contribution is 2.30. The largest absolute Gasteiger partial charge is 0.393 e. The molecule has 0 bridgehead atoms. The molecule has 10 nitrogen and oxygen atoms in total. The van der Waals surface area contributed by atoms with Gasteiger partial charge in [0.05, 0.1) is 12.3 Å². The molecule has 0 radical (unpaired) electrons. The molecular formula is C20H25N7O3. The van der Waals surface area contributed by atoms with Crippen LogP contribution in [0.5, 0.6) is 0 Å². The highest BCUT2D eigenvalue weighted by Gasteiger charge is 2.25. The van der Waals surface area contributed by atoms with E-state index in [4.69, 9.17) is 4.98 Å². The van der Waals surface area contributed by atoms with Crippen LogP contribution in [-0.2, 0) is 4.79 Å². The van der Waals surface area contributed by atoms with E-state index in [9.17, 15) is 14.7 Å². The van der Waals surface area contributed by atoms with Crippen molar-refractivity contribution in [2.24, 2.45) is 5.92 Å². The number of imide groups is 1. The van der Waals surface area contributed by atoms with E-state index in [-0.39, 0.29) is 17.8 Å². The van der Waals surface area contributed by atoms with E-state index >= 15 is 0 Å². The molecule has 2 aromatic heterocycles. The molecule has 2 aliphatic carbocycles. The number of amides is 3. The fourth-order valence-corrected chi connectivity index (χ4v) is 3.92. The van der Waals surface area contributed by atoms with Crippen LogP contribution in [0.15, 0.2) is 18.0 Å². The number of nitrogens with zero attached hydrogens (tertiary/aromatic N) is 3. The lowest BCUT2D eigenvalue weighted by Gasteiger charge is -2.26. The third kappa shape index (κ3) is 3.95. The summed E-state index contributed by atoms with van der Waals surface area (Å²) in [6.07, 6.45) is 8.83. The SMILES string of the molecule is O=C1NC(=O)/C(=C/c2cnn3c(NCC4CC4)cc(NC4CCC(O)CC4)nc23)N1. The van der Waals surface area contributed by atoms with Crippen LogP contribution in [0.25, 0.3) is 11.7 Å². The number of urea groups is 1. The summed E-state index contributed by atoms with van der Waals surface area (Å²) in [5, 5.41) is 25.9. The van der Waals surface area contributed by atoms with Gasteiger partial charge in [-0.15, -0.1) is 0 Å². The van der Waals surface area contributed by atoms with Crippen LogP contribution in [0.3, 0.4) is 0 Å². The molecule has 0 unspecified atom stereocenters. The molecule has 5 rings (SSSR count). The molecular weight excluding hydrogens is 386 g/mol. The monoisotopic (exact) mass is 411 g/mol. The lowest BCUT2D eigenvalue weighted by molar-refractivity contribution is -0.115. The van der Waals surface area contributed by atoms with Crippen molar-refractivity contribution in [1.82, 2.24) is 25.2 Å². The van der Waals surface area contributed by atoms with Gasteiger partial charge in [0.1, 0.15) is 17.3 Å². The Labute approximate surface area is 173 Å². The van der Waals surface area contributed by atoms with Crippen molar-refractivity contribution in [2.75, 3.05) is 17.2 Å². The molecule has 10 heteroatoms. The lowest BCUT2D eigenvalue weighted by atomic mass is 9.93. The quantitative estimate of drug-likeness (QED) is 0.359. The molecule has 1 aliphatic heterocycles. The molecule has 0 spiro atoms. The first-order chi connectivity index (χ1) is 14.5. The Balaban J connectivity index is 1.47. The molecule has 30 heavy (non-hydrogen) atoms. The fraction of sp³-hybridized carbons (Fsp3) is 0.500. The van der Waals surface area contributed by atoms with Gasteiger partial charge >= 0.3 is 6.03 Å². The molecule has 3 aliphatic rings. The van der Waals surface area contributed by atoms with Gasteiger partial charge in [0.15, 0.2) is 5.65 Å². The van der Waals surface area contributed by atoms with E-state index in [0.717, 1.165) is 43.9 Å². The number of aromatic nitrogens is 3. The van der Waals surface area contributed by atoms with Crippen LogP contribution in [-0.4, -0.2) is 50.3 Å². The van der Waals surface area contributed by atoms with Crippen molar-refractivity contribution >= 4 is 35.3 Å². The number of carbonyl (C=O) groups excluding carboxylic acids is 2. The summed E-state index contributed by atoms with van der Waals surface area (Å²) in [6.45, 7) is 0.878. The highest BCUT2D eigenvalue weighted by molar-refractivity contribution is 6.14. The molecule has 158 valence electrons. The predicted molar refractivity (Wildman–Crippen MR) is 111 cm³/mol. The minimum Gasteiger partial charge on any atom is -0.393 e. The van der Waals surface area contributed by atoms with Gasteiger partial charge in [-0.1, -0.05) is 0 Å². The van der Waals surface area contributed by atoms with Crippen molar-refractivity contribution in [3.8, 4) is 0 Å². The Morgan fingerprint density at radius 3 is 2.67 bits per heavy atom. The molecule has 0 aromatic carbocycles. The number of aliphatic hydroxyl groups excluding tert-OH is 1. The van der Waals surface area contributed by atoms with Crippen LogP contribution in [0.4, 0.5) is 16.4 Å². The Morgan fingerprint density at radius 1 is 1.17 bits per heavy atom. The maximum Gasteiger partial charge on any atom is 0.326 e. The van der Waals surface area contributed by atoms with E-state index in [1.54, 1.807) is 16.8 Å². The lowest BCUT2D eigenvalue weighted by Crippen LogP contribution is -2.28. The van der Waals surface area contributed by atoms with E-state index in [1.807, 2.05) is 6.07 Å². The van der Waals surface area contributed by atoms with Crippen molar-refractivity contribution < 1.29 is 14.7 Å². The Hall–Kier alpha value is -3.14. The van der Waals surface area contributed by atoms with Crippen LogP contribution >= 0.6 is 0 Å². The predicted octanol–water partition coefficient (Wildman–Crippen LogP) is 1.45. The molecule has 2 aromatic rings. The molecule has 1 saturated heterocycles. The second-order valence-corrected chi connectivity index (χ2v) is 8.30. The van der Waals surface area contributed by atoms with Gasteiger partial charge in [-0.3, -0.25) is 10.1 Å². The maximum atomic E-state index is 11.9. The van der Waals surface area contributed by atoms with Crippen molar-refractivity contribution in [1.29, 1.82) is 0 Å². The van der Waals surface area contributed by atoms with E-state index in [1.165, 1.54) is 12.8 Å². The molecule has 5 N–H and O–H groups in total. The fourth-order valence-electron chi connectivity index (χ4n) is 3.92. The summed E-state index contributed by atoms with van der Waals surface area (Å²) < 4.78 is 1.72. The number of hydrogen-bond acceptors (Lipinski definition) is 7. The minimum atomic E-state index is -0.538. The zero-order valence-electron chi connectivity index (χ0n) is 16.5. The van der Waals surface area contributed by atoms with E-state index in [0.29, 0.717) is 17.1 Å². The summed E-state index contributed by atoms with van der Waals surface area (Å²) in [5.41, 5.74) is 1.40. The number of hydrogen-bond donors (Lipinski definition) is 5. The number of rotatable bonds is 6. The van der Waals surface area contributed by atoms with E-state index in [2.05, 4.69) is 26.4 Å². The summed E-state index contributed by atoms with van der Waals surface area (Å²) in [6, 6.07) is 1.67. The molecule has 0 atom stereocenters. The third-order valence-electron chi connectivity index (χ3n) is 5.84. The first-order valence-electron chi connectivity index (χ1n) is 10.5. The number of nitrogens with one attached hydrogen (secondary N) is 4. The van der Waals surface area contributed by atoms with Crippen LogP contribution in [0, 0.1) is 5.92 Å². The van der Waals surface area contributed by atoms with Crippen LogP contribution < -0.4 is 21.3 Å². The van der Waals surface area contributed by atoms with Gasteiger partial charge < -0.3 is 21.1 Å². The normalized spacial score (nSPS) is 25.4. The summed E-state index contributed by atoms with van der Waals surface area (Å²) in [5.74, 6) is 1.78. The minimum absolute atomic E-state index is 0.170.